The van der Waals surface area contributed by atoms with E-state index in [1.807, 2.05) is 0 Å². The summed E-state index contributed by atoms with van der Waals surface area (Å²) in [6.45, 7) is 0.725. The fourth-order valence-corrected chi connectivity index (χ4v) is 2.49. The Labute approximate surface area is 94.1 Å². The molecule has 1 aliphatic heterocycles. The van der Waals surface area contributed by atoms with Gasteiger partial charge in [-0.2, -0.15) is 8.42 Å². The molecule has 0 radical (unpaired) electrons. The molecular formula is C9H15FO5S. The highest BCUT2D eigenvalue weighted by molar-refractivity contribution is 7.86. The van der Waals surface area contributed by atoms with Gasteiger partial charge in [-0.1, -0.05) is 0 Å². The van der Waals surface area contributed by atoms with Gasteiger partial charge in [0.2, 0.25) is 0 Å². The van der Waals surface area contributed by atoms with Crippen LogP contribution in [0.1, 0.15) is 19.3 Å². The number of methoxy groups -OCH3 is 1. The first-order valence-corrected chi connectivity index (χ1v) is 6.53. The van der Waals surface area contributed by atoms with Crippen molar-refractivity contribution in [2.75, 3.05) is 26.1 Å². The minimum atomic E-state index is -4.55. The molecule has 1 rings (SSSR count). The second-order valence-electron chi connectivity index (χ2n) is 3.88. The third-order valence-corrected chi connectivity index (χ3v) is 3.58. The van der Waals surface area contributed by atoms with Crippen molar-refractivity contribution in [3.63, 3.8) is 0 Å². The Hall–Kier alpha value is -0.690. The molecule has 0 spiro atoms. The lowest BCUT2D eigenvalue weighted by Crippen LogP contribution is -2.39. The van der Waals surface area contributed by atoms with Gasteiger partial charge in [0.15, 0.2) is 0 Å². The van der Waals surface area contributed by atoms with Crippen molar-refractivity contribution >= 4 is 16.2 Å². The lowest BCUT2D eigenvalue weighted by atomic mass is 9.78. The number of carbonyl (C=O) groups is 1. The van der Waals surface area contributed by atoms with Crippen LogP contribution in [0.15, 0.2) is 0 Å². The molecule has 1 saturated heterocycles. The van der Waals surface area contributed by atoms with Crippen molar-refractivity contribution < 1.29 is 26.6 Å². The van der Waals surface area contributed by atoms with Crippen molar-refractivity contribution in [3.05, 3.63) is 0 Å². The average molecular weight is 254 g/mol. The predicted molar refractivity (Wildman–Crippen MR) is 54.0 cm³/mol. The van der Waals surface area contributed by atoms with E-state index in [9.17, 15) is 17.1 Å². The maximum absolute atomic E-state index is 12.5. The third kappa shape index (κ3) is 3.41. The van der Waals surface area contributed by atoms with Gasteiger partial charge in [-0.3, -0.25) is 4.79 Å². The molecule has 0 bridgehead atoms. The molecule has 16 heavy (non-hydrogen) atoms. The number of esters is 1. The first-order chi connectivity index (χ1) is 7.40. The van der Waals surface area contributed by atoms with Crippen LogP contribution in [0.25, 0.3) is 0 Å². The number of carbonyl (C=O) groups excluding carboxylic acids is 1. The molecular weight excluding hydrogens is 239 g/mol. The number of ether oxygens (including phenoxy) is 2. The first-order valence-electron chi connectivity index (χ1n) is 4.98. The van der Waals surface area contributed by atoms with Gasteiger partial charge in [-0.15, -0.1) is 3.89 Å². The molecule has 0 amide bonds. The Morgan fingerprint density at radius 2 is 2.00 bits per heavy atom. The van der Waals surface area contributed by atoms with Crippen molar-refractivity contribution in [2.45, 2.75) is 19.3 Å². The van der Waals surface area contributed by atoms with E-state index in [1.54, 1.807) is 0 Å². The maximum atomic E-state index is 12.5. The van der Waals surface area contributed by atoms with Gasteiger partial charge < -0.3 is 9.47 Å². The van der Waals surface area contributed by atoms with Crippen LogP contribution >= 0.6 is 0 Å². The number of hydrogen-bond acceptors (Lipinski definition) is 5. The largest absolute Gasteiger partial charge is 0.469 e. The van der Waals surface area contributed by atoms with Crippen LogP contribution in [0.2, 0.25) is 0 Å². The monoisotopic (exact) mass is 254 g/mol. The average Bonchev–Trinajstić information content (AvgIpc) is 2.25. The van der Waals surface area contributed by atoms with Crippen LogP contribution < -0.4 is 0 Å². The third-order valence-electron chi connectivity index (χ3n) is 2.89. The standard InChI is InChI=1S/C9H15FO5S/c1-14-8(11)9(2-5-15-6-3-9)4-7-16(10,12)13/h2-7H2,1H3. The quantitative estimate of drug-likeness (QED) is 0.544. The lowest BCUT2D eigenvalue weighted by Gasteiger charge is -2.33. The van der Waals surface area contributed by atoms with Gasteiger partial charge in [0.05, 0.1) is 18.3 Å². The number of hydrogen-bond donors (Lipinski definition) is 0. The SMILES string of the molecule is COC(=O)C1(CCS(=O)(=O)F)CCOCC1. The summed E-state index contributed by atoms with van der Waals surface area (Å²) in [5.41, 5.74) is -0.911. The van der Waals surface area contributed by atoms with E-state index < -0.39 is 27.4 Å². The van der Waals surface area contributed by atoms with Gasteiger partial charge in [0.25, 0.3) is 0 Å². The molecule has 0 aliphatic carbocycles. The summed E-state index contributed by atoms with van der Waals surface area (Å²) in [4.78, 5) is 11.6. The van der Waals surface area contributed by atoms with Crippen molar-refractivity contribution in [2.24, 2.45) is 5.41 Å². The van der Waals surface area contributed by atoms with Crippen molar-refractivity contribution in [3.8, 4) is 0 Å². The summed E-state index contributed by atoms with van der Waals surface area (Å²) in [7, 11) is -3.31. The van der Waals surface area contributed by atoms with Crippen LogP contribution in [0.3, 0.4) is 0 Å². The minimum absolute atomic E-state index is 0.0537. The zero-order valence-electron chi connectivity index (χ0n) is 9.07. The molecule has 0 aromatic rings. The normalized spacial score (nSPS) is 20.4. The zero-order chi connectivity index (χ0) is 12.2. The highest BCUT2D eigenvalue weighted by Gasteiger charge is 2.41. The molecule has 1 fully saturated rings. The van der Waals surface area contributed by atoms with Crippen molar-refractivity contribution in [1.29, 1.82) is 0 Å². The summed E-state index contributed by atoms with van der Waals surface area (Å²) in [5, 5.41) is 0. The highest BCUT2D eigenvalue weighted by atomic mass is 32.3. The van der Waals surface area contributed by atoms with Crippen LogP contribution in [-0.2, 0) is 24.5 Å². The lowest BCUT2D eigenvalue weighted by molar-refractivity contribution is -0.158. The second kappa shape index (κ2) is 5.09. The fraction of sp³-hybridized carbons (Fsp3) is 0.889. The summed E-state index contributed by atoms with van der Waals surface area (Å²) < 4.78 is 43.2. The Kier molecular flexibility index (Phi) is 4.26. The van der Waals surface area contributed by atoms with Crippen molar-refractivity contribution in [1.82, 2.24) is 0 Å². The second-order valence-corrected chi connectivity index (χ2v) is 5.36. The van der Waals surface area contributed by atoms with Crippen LogP contribution in [0, 0.1) is 5.41 Å². The molecule has 5 nitrogen and oxygen atoms in total. The molecule has 0 unspecified atom stereocenters. The van der Waals surface area contributed by atoms with E-state index in [0.717, 1.165) is 0 Å². The van der Waals surface area contributed by atoms with Gasteiger partial charge in [0, 0.05) is 13.2 Å². The van der Waals surface area contributed by atoms with Gasteiger partial charge >= 0.3 is 16.2 Å². The zero-order valence-corrected chi connectivity index (χ0v) is 9.89. The summed E-state index contributed by atoms with van der Waals surface area (Å²) in [6.07, 6.45) is 0.687. The maximum Gasteiger partial charge on any atom is 0.312 e. The Balaban J connectivity index is 2.74. The molecule has 1 aliphatic rings. The van der Waals surface area contributed by atoms with E-state index in [1.165, 1.54) is 7.11 Å². The smallest absolute Gasteiger partial charge is 0.312 e. The predicted octanol–water partition coefficient (Wildman–Crippen LogP) is 0.646. The molecule has 0 saturated carbocycles. The molecule has 0 aromatic heterocycles. The van der Waals surface area contributed by atoms with Gasteiger partial charge in [-0.05, 0) is 19.3 Å². The Morgan fingerprint density at radius 3 is 2.44 bits per heavy atom. The van der Waals surface area contributed by atoms with Gasteiger partial charge in [-0.25, -0.2) is 0 Å². The van der Waals surface area contributed by atoms with E-state index in [4.69, 9.17) is 4.74 Å². The Morgan fingerprint density at radius 1 is 1.44 bits per heavy atom. The fourth-order valence-electron chi connectivity index (χ4n) is 1.85. The molecule has 7 heteroatoms. The van der Waals surface area contributed by atoms with Gasteiger partial charge in [0.1, 0.15) is 0 Å². The topological polar surface area (TPSA) is 69.7 Å². The van der Waals surface area contributed by atoms with E-state index in [-0.39, 0.29) is 6.42 Å². The summed E-state index contributed by atoms with van der Waals surface area (Å²) in [6, 6.07) is 0. The highest BCUT2D eigenvalue weighted by Crippen LogP contribution is 2.36. The first kappa shape index (κ1) is 13.4. The number of halogens is 1. The summed E-state index contributed by atoms with van der Waals surface area (Å²) >= 11 is 0. The minimum Gasteiger partial charge on any atom is -0.469 e. The van der Waals surface area contributed by atoms with E-state index >= 15 is 0 Å². The summed E-state index contributed by atoms with van der Waals surface area (Å²) in [5.74, 6) is -1.14. The molecule has 1 heterocycles. The van der Waals surface area contributed by atoms with E-state index in [2.05, 4.69) is 4.74 Å². The van der Waals surface area contributed by atoms with Crippen LogP contribution in [0.5, 0.6) is 0 Å². The van der Waals surface area contributed by atoms with Crippen LogP contribution in [-0.4, -0.2) is 40.5 Å². The Bertz CT molecular complexity index is 345. The molecule has 0 aromatic carbocycles. The van der Waals surface area contributed by atoms with E-state index in [0.29, 0.717) is 26.1 Å². The molecule has 0 N–H and O–H groups in total. The van der Waals surface area contributed by atoms with Crippen LogP contribution in [0.4, 0.5) is 3.89 Å². The molecule has 0 atom stereocenters. The number of rotatable bonds is 4. The molecule has 94 valence electrons.